The Morgan fingerprint density at radius 1 is 1.00 bits per heavy atom. The molecule has 4 rings (SSSR count). The molecule has 0 amide bonds. The van der Waals surface area contributed by atoms with E-state index in [1.807, 2.05) is 55.4 Å². The molecule has 5 nitrogen and oxygen atoms in total. The third-order valence-corrected chi connectivity index (χ3v) is 5.47. The number of ketones is 1. The van der Waals surface area contributed by atoms with Crippen molar-refractivity contribution in [1.82, 2.24) is 0 Å². The van der Waals surface area contributed by atoms with E-state index < -0.39 is 0 Å². The zero-order valence-electron chi connectivity index (χ0n) is 15.5. The predicted molar refractivity (Wildman–Crippen MR) is 112 cm³/mol. The minimum absolute atomic E-state index is 0.353. The second kappa shape index (κ2) is 7.40. The van der Waals surface area contributed by atoms with Crippen LogP contribution in [0.2, 0.25) is 0 Å². The number of nitrogens with zero attached hydrogens (tertiary/aromatic N) is 2. The van der Waals surface area contributed by atoms with Crippen LogP contribution in [0.3, 0.4) is 0 Å². The van der Waals surface area contributed by atoms with Gasteiger partial charge in [0.25, 0.3) is 0 Å². The summed E-state index contributed by atoms with van der Waals surface area (Å²) in [6.45, 7) is 0. The molecule has 1 aliphatic rings. The lowest BCUT2D eigenvalue weighted by Gasteiger charge is -2.19. The van der Waals surface area contributed by atoms with E-state index in [9.17, 15) is 10.0 Å². The SMILES string of the molecule is CN(C)c1ccc([N+]([O-])=CC(=O)c2ccc3c(c2)Sc2ccccc2O3)cc1. The van der Waals surface area contributed by atoms with Crippen molar-refractivity contribution in [3.8, 4) is 11.5 Å². The first-order valence-corrected chi connectivity index (χ1v) is 9.54. The van der Waals surface area contributed by atoms with Gasteiger partial charge in [-0.3, -0.25) is 4.79 Å². The van der Waals surface area contributed by atoms with Gasteiger partial charge in [0.2, 0.25) is 17.7 Å². The molecule has 0 atom stereocenters. The molecule has 0 spiro atoms. The Hall–Kier alpha value is -3.25. The number of para-hydroxylation sites is 1. The summed E-state index contributed by atoms with van der Waals surface area (Å²) in [6.07, 6.45) is 1.06. The van der Waals surface area contributed by atoms with Crippen molar-refractivity contribution >= 4 is 35.1 Å². The Kier molecular flexibility index (Phi) is 4.79. The number of ether oxygens (including phenoxy) is 1. The molecule has 0 aliphatic carbocycles. The van der Waals surface area contributed by atoms with Crippen LogP contribution in [0.5, 0.6) is 11.5 Å². The Bertz CT molecular complexity index is 1080. The van der Waals surface area contributed by atoms with Crippen LogP contribution in [0.4, 0.5) is 11.4 Å². The lowest BCUT2D eigenvalue weighted by atomic mass is 10.1. The van der Waals surface area contributed by atoms with E-state index >= 15 is 0 Å². The number of carbonyl (C=O) groups is 1. The van der Waals surface area contributed by atoms with Gasteiger partial charge in [-0.25, -0.2) is 0 Å². The first-order valence-electron chi connectivity index (χ1n) is 8.73. The van der Waals surface area contributed by atoms with Gasteiger partial charge in [-0.15, -0.1) is 0 Å². The highest BCUT2D eigenvalue weighted by Gasteiger charge is 2.19. The fourth-order valence-electron chi connectivity index (χ4n) is 2.83. The van der Waals surface area contributed by atoms with Crippen molar-refractivity contribution in [2.75, 3.05) is 19.0 Å². The molecule has 28 heavy (non-hydrogen) atoms. The monoisotopic (exact) mass is 390 g/mol. The molecule has 1 aliphatic heterocycles. The van der Waals surface area contributed by atoms with Gasteiger partial charge >= 0.3 is 0 Å². The number of carbonyl (C=O) groups excluding carboxylic acids is 1. The summed E-state index contributed by atoms with van der Waals surface area (Å²) in [5, 5.41) is 12.4. The molecule has 6 heteroatoms. The third kappa shape index (κ3) is 3.59. The minimum Gasteiger partial charge on any atom is -0.618 e. The fraction of sp³-hybridized carbons (Fsp3) is 0.0909. The number of hydrogen-bond acceptors (Lipinski definition) is 5. The summed E-state index contributed by atoms with van der Waals surface area (Å²) in [4.78, 5) is 16.4. The molecule has 0 bridgehead atoms. The Labute approximate surface area is 167 Å². The number of Topliss-reactive ketones (excluding diaryl/α,β-unsaturated/α-hetero) is 1. The van der Waals surface area contributed by atoms with E-state index in [1.54, 1.807) is 42.1 Å². The van der Waals surface area contributed by atoms with Gasteiger partial charge < -0.3 is 14.8 Å². The van der Waals surface area contributed by atoms with Crippen LogP contribution in [-0.2, 0) is 0 Å². The van der Waals surface area contributed by atoms with Crippen molar-refractivity contribution in [3.05, 3.63) is 77.5 Å². The van der Waals surface area contributed by atoms with Crippen molar-refractivity contribution in [3.63, 3.8) is 0 Å². The minimum atomic E-state index is -0.353. The van der Waals surface area contributed by atoms with E-state index in [2.05, 4.69) is 0 Å². The van der Waals surface area contributed by atoms with E-state index in [0.29, 0.717) is 21.7 Å². The fourth-order valence-corrected chi connectivity index (χ4v) is 3.82. The van der Waals surface area contributed by atoms with Crippen LogP contribution < -0.4 is 9.64 Å². The molecule has 0 saturated heterocycles. The molecule has 0 fully saturated rings. The van der Waals surface area contributed by atoms with Gasteiger partial charge in [-0.1, -0.05) is 23.9 Å². The average molecular weight is 390 g/mol. The summed E-state index contributed by atoms with van der Waals surface area (Å²) in [5.41, 5.74) is 1.83. The molecule has 0 saturated carbocycles. The standard InChI is InChI=1S/C22H18N2O3S/c1-23(2)16-8-10-17(11-9-16)24(26)14-18(25)15-7-12-20-22(13-15)28-21-6-4-3-5-19(21)27-20/h3-14H,1-2H3. The maximum Gasteiger partial charge on any atom is 0.250 e. The molecule has 0 radical (unpaired) electrons. The summed E-state index contributed by atoms with van der Waals surface area (Å²) < 4.78 is 6.47. The Morgan fingerprint density at radius 3 is 2.46 bits per heavy atom. The molecular weight excluding hydrogens is 372 g/mol. The highest BCUT2D eigenvalue weighted by molar-refractivity contribution is 7.99. The van der Waals surface area contributed by atoms with Gasteiger partial charge in [0.05, 0.1) is 9.79 Å². The van der Waals surface area contributed by atoms with Crippen molar-refractivity contribution in [2.45, 2.75) is 9.79 Å². The quantitative estimate of drug-likeness (QED) is 0.159. The average Bonchev–Trinajstić information content (AvgIpc) is 2.71. The predicted octanol–water partition coefficient (Wildman–Crippen LogP) is 5.11. The first kappa shape index (κ1) is 18.1. The number of benzene rings is 3. The lowest BCUT2D eigenvalue weighted by molar-refractivity contribution is -0.353. The van der Waals surface area contributed by atoms with E-state index in [0.717, 1.165) is 27.4 Å². The highest BCUT2D eigenvalue weighted by atomic mass is 32.2. The third-order valence-electron chi connectivity index (χ3n) is 4.37. The van der Waals surface area contributed by atoms with Crippen LogP contribution in [0.1, 0.15) is 10.4 Å². The largest absolute Gasteiger partial charge is 0.618 e. The zero-order chi connectivity index (χ0) is 19.7. The van der Waals surface area contributed by atoms with Crippen LogP contribution >= 0.6 is 11.8 Å². The van der Waals surface area contributed by atoms with Gasteiger partial charge in [0.15, 0.2) is 0 Å². The molecular formula is C22H18N2O3S. The Morgan fingerprint density at radius 2 is 1.71 bits per heavy atom. The molecule has 0 unspecified atom stereocenters. The second-order valence-corrected chi connectivity index (χ2v) is 7.63. The van der Waals surface area contributed by atoms with Gasteiger partial charge in [0.1, 0.15) is 11.5 Å². The maximum atomic E-state index is 12.6. The summed E-state index contributed by atoms with van der Waals surface area (Å²) in [5.74, 6) is 1.16. The smallest absolute Gasteiger partial charge is 0.250 e. The summed E-state index contributed by atoms with van der Waals surface area (Å²) >= 11 is 1.55. The van der Waals surface area contributed by atoms with Gasteiger partial charge in [0, 0.05) is 37.5 Å². The number of fused-ring (bicyclic) bond motifs is 2. The number of rotatable bonds is 4. The van der Waals surface area contributed by atoms with Crippen LogP contribution in [0, 0.1) is 5.21 Å². The topological polar surface area (TPSA) is 55.6 Å². The van der Waals surface area contributed by atoms with Crippen LogP contribution in [-0.4, -0.2) is 30.8 Å². The summed E-state index contributed by atoms with van der Waals surface area (Å²) in [7, 11) is 3.85. The normalized spacial score (nSPS) is 12.6. The summed E-state index contributed by atoms with van der Waals surface area (Å²) in [6, 6.07) is 20.0. The van der Waals surface area contributed by atoms with E-state index in [-0.39, 0.29) is 5.78 Å². The van der Waals surface area contributed by atoms with Crippen molar-refractivity contribution in [1.29, 1.82) is 0 Å². The molecule has 3 aromatic carbocycles. The van der Waals surface area contributed by atoms with Crippen molar-refractivity contribution < 1.29 is 14.3 Å². The van der Waals surface area contributed by atoms with Gasteiger partial charge in [-0.05, 0) is 42.5 Å². The van der Waals surface area contributed by atoms with E-state index in [4.69, 9.17) is 4.74 Å². The number of anilines is 1. The van der Waals surface area contributed by atoms with Crippen molar-refractivity contribution in [2.24, 2.45) is 0 Å². The zero-order valence-corrected chi connectivity index (χ0v) is 16.3. The molecule has 1 heterocycles. The first-order chi connectivity index (χ1) is 13.5. The van der Waals surface area contributed by atoms with E-state index in [1.165, 1.54) is 0 Å². The maximum absolute atomic E-state index is 12.6. The molecule has 0 aromatic heterocycles. The second-order valence-electron chi connectivity index (χ2n) is 6.54. The highest BCUT2D eigenvalue weighted by Crippen LogP contribution is 2.46. The molecule has 140 valence electrons. The Balaban J connectivity index is 1.56. The lowest BCUT2D eigenvalue weighted by Crippen LogP contribution is -2.10. The van der Waals surface area contributed by atoms with Gasteiger partial charge in [-0.2, -0.15) is 4.74 Å². The molecule has 3 aromatic rings. The van der Waals surface area contributed by atoms with Crippen LogP contribution in [0.15, 0.2) is 76.5 Å². The number of hydrogen-bond donors (Lipinski definition) is 0. The molecule has 0 N–H and O–H groups in total. The van der Waals surface area contributed by atoms with Crippen LogP contribution in [0.25, 0.3) is 0 Å².